The minimum Gasteiger partial charge on any atom is -0.351 e. The lowest BCUT2D eigenvalue weighted by atomic mass is 10.1. The van der Waals surface area contributed by atoms with Crippen LogP contribution in [-0.4, -0.2) is 29.6 Å². The molecule has 1 saturated heterocycles. The van der Waals surface area contributed by atoms with Gasteiger partial charge in [0.1, 0.15) is 0 Å². The van der Waals surface area contributed by atoms with Gasteiger partial charge in [-0.25, -0.2) is 0 Å². The van der Waals surface area contributed by atoms with E-state index in [9.17, 15) is 4.79 Å². The summed E-state index contributed by atoms with van der Waals surface area (Å²) in [7, 11) is 0. The molecule has 3 aliphatic rings. The molecule has 1 heterocycles. The van der Waals surface area contributed by atoms with E-state index < -0.39 is 0 Å². The van der Waals surface area contributed by atoms with Crippen molar-refractivity contribution in [1.82, 2.24) is 10.6 Å². The monoisotopic (exact) mass is 262 g/mol. The molecule has 2 N–H and O–H groups in total. The summed E-state index contributed by atoms with van der Waals surface area (Å²) in [5.41, 5.74) is 0. The van der Waals surface area contributed by atoms with Crippen LogP contribution in [0.15, 0.2) is 0 Å². The van der Waals surface area contributed by atoms with Gasteiger partial charge in [0.05, 0.1) is 6.04 Å². The van der Waals surface area contributed by atoms with E-state index in [1.165, 1.54) is 25.7 Å². The topological polar surface area (TPSA) is 41.1 Å². The van der Waals surface area contributed by atoms with Crippen LogP contribution in [0.5, 0.6) is 0 Å². The van der Waals surface area contributed by atoms with Gasteiger partial charge >= 0.3 is 0 Å². The second kappa shape index (κ2) is 5.15. The van der Waals surface area contributed by atoms with E-state index in [1.807, 2.05) is 11.8 Å². The number of carbonyl (C=O) groups excluding carboxylic acids is 1. The first-order chi connectivity index (χ1) is 7.34. The number of nitrogens with one attached hydrogen (secondary N) is 2. The Hall–Kier alpha value is 0.0700. The largest absolute Gasteiger partial charge is 0.351 e. The van der Waals surface area contributed by atoms with E-state index >= 15 is 0 Å². The van der Waals surface area contributed by atoms with Gasteiger partial charge in [-0.3, -0.25) is 10.1 Å². The molecular formula is C11H19ClN2OS. The van der Waals surface area contributed by atoms with E-state index in [0.717, 1.165) is 23.5 Å². The van der Waals surface area contributed by atoms with Crippen molar-refractivity contribution in [2.75, 3.05) is 11.6 Å². The Kier molecular flexibility index (Phi) is 4.03. The first-order valence-corrected chi connectivity index (χ1v) is 7.11. The number of thioether (sulfide) groups is 1. The van der Waals surface area contributed by atoms with Crippen molar-refractivity contribution in [1.29, 1.82) is 0 Å². The molecule has 0 unspecified atom stereocenters. The summed E-state index contributed by atoms with van der Waals surface area (Å²) in [5.74, 6) is 3.71. The summed E-state index contributed by atoms with van der Waals surface area (Å²) in [6, 6.07) is 0.569. The number of amides is 1. The normalized spacial score (nSPS) is 28.9. The van der Waals surface area contributed by atoms with Crippen LogP contribution in [0.2, 0.25) is 0 Å². The molecule has 0 spiro atoms. The highest BCUT2D eigenvalue weighted by Gasteiger charge is 2.42. The van der Waals surface area contributed by atoms with Crippen LogP contribution < -0.4 is 10.6 Å². The minimum absolute atomic E-state index is 0. The SMILES string of the molecule is Cl.O=C(NC(C1CC1)C1CC1)[C@H]1CSCN1. The zero-order valence-corrected chi connectivity index (χ0v) is 10.9. The van der Waals surface area contributed by atoms with Crippen molar-refractivity contribution >= 4 is 30.1 Å². The van der Waals surface area contributed by atoms with Crippen molar-refractivity contribution in [3.8, 4) is 0 Å². The standard InChI is InChI=1S/C11H18N2OS.ClH/c14-11(9-5-15-6-12-9)13-10(7-1-2-7)8-3-4-8;/h7-10,12H,1-6H2,(H,13,14);1H/t9-;/m1./s1. The highest BCUT2D eigenvalue weighted by molar-refractivity contribution is 7.99. The number of hydrogen-bond acceptors (Lipinski definition) is 3. The van der Waals surface area contributed by atoms with Crippen LogP contribution in [0.3, 0.4) is 0 Å². The molecule has 3 fully saturated rings. The Morgan fingerprint density at radius 1 is 1.25 bits per heavy atom. The highest BCUT2D eigenvalue weighted by atomic mass is 35.5. The van der Waals surface area contributed by atoms with Crippen molar-refractivity contribution in [3.05, 3.63) is 0 Å². The molecule has 0 radical (unpaired) electrons. The quantitative estimate of drug-likeness (QED) is 0.804. The van der Waals surface area contributed by atoms with Crippen LogP contribution in [-0.2, 0) is 4.79 Å². The molecule has 0 aromatic carbocycles. The van der Waals surface area contributed by atoms with Crippen LogP contribution in [0.4, 0.5) is 0 Å². The van der Waals surface area contributed by atoms with Crippen LogP contribution in [0.1, 0.15) is 25.7 Å². The average molecular weight is 263 g/mol. The van der Waals surface area contributed by atoms with Crippen molar-refractivity contribution in [2.45, 2.75) is 37.8 Å². The van der Waals surface area contributed by atoms with Crippen molar-refractivity contribution in [3.63, 3.8) is 0 Å². The van der Waals surface area contributed by atoms with Gasteiger partial charge in [0.15, 0.2) is 0 Å². The second-order valence-corrected chi connectivity index (χ2v) is 6.01. The van der Waals surface area contributed by atoms with Crippen LogP contribution in [0.25, 0.3) is 0 Å². The third-order valence-electron chi connectivity index (χ3n) is 3.60. The number of carbonyl (C=O) groups is 1. The van der Waals surface area contributed by atoms with Gasteiger partial charge in [0.25, 0.3) is 0 Å². The van der Waals surface area contributed by atoms with Gasteiger partial charge in [0, 0.05) is 17.7 Å². The number of rotatable bonds is 4. The van der Waals surface area contributed by atoms with Gasteiger partial charge in [0.2, 0.25) is 5.91 Å². The molecule has 16 heavy (non-hydrogen) atoms. The Morgan fingerprint density at radius 2 is 1.88 bits per heavy atom. The first-order valence-electron chi connectivity index (χ1n) is 5.96. The maximum absolute atomic E-state index is 11.9. The lowest BCUT2D eigenvalue weighted by Crippen LogP contribution is -2.47. The molecule has 1 amide bonds. The van der Waals surface area contributed by atoms with E-state index in [-0.39, 0.29) is 24.4 Å². The molecule has 2 saturated carbocycles. The smallest absolute Gasteiger partial charge is 0.238 e. The van der Waals surface area contributed by atoms with E-state index in [4.69, 9.17) is 0 Å². The molecule has 1 aliphatic heterocycles. The third kappa shape index (κ3) is 2.84. The molecule has 92 valence electrons. The highest BCUT2D eigenvalue weighted by Crippen LogP contribution is 2.44. The fourth-order valence-corrected chi connectivity index (χ4v) is 3.30. The van der Waals surface area contributed by atoms with Crippen LogP contribution in [0, 0.1) is 11.8 Å². The molecule has 3 rings (SSSR count). The molecule has 3 nitrogen and oxygen atoms in total. The van der Waals surface area contributed by atoms with Crippen LogP contribution >= 0.6 is 24.2 Å². The lowest BCUT2D eigenvalue weighted by Gasteiger charge is -2.20. The summed E-state index contributed by atoms with van der Waals surface area (Å²) < 4.78 is 0. The fourth-order valence-electron chi connectivity index (χ4n) is 2.36. The van der Waals surface area contributed by atoms with Crippen molar-refractivity contribution in [2.24, 2.45) is 11.8 Å². The van der Waals surface area contributed by atoms with Crippen molar-refractivity contribution < 1.29 is 4.79 Å². The zero-order chi connectivity index (χ0) is 10.3. The Bertz CT molecular complexity index is 251. The summed E-state index contributed by atoms with van der Waals surface area (Å²) >= 11 is 1.81. The molecule has 0 aromatic heterocycles. The summed E-state index contributed by atoms with van der Waals surface area (Å²) in [5, 5.41) is 6.50. The average Bonchev–Trinajstić information content (AvgIpc) is 3.15. The molecular weight excluding hydrogens is 244 g/mol. The maximum atomic E-state index is 11.9. The van der Waals surface area contributed by atoms with Gasteiger partial charge in [-0.2, -0.15) is 0 Å². The van der Waals surface area contributed by atoms with E-state index in [2.05, 4.69) is 10.6 Å². The first kappa shape index (κ1) is 12.5. The third-order valence-corrected chi connectivity index (χ3v) is 4.54. The predicted molar refractivity (Wildman–Crippen MR) is 68.9 cm³/mol. The number of halogens is 1. The lowest BCUT2D eigenvalue weighted by molar-refractivity contribution is -0.123. The number of hydrogen-bond donors (Lipinski definition) is 2. The fraction of sp³-hybridized carbons (Fsp3) is 0.909. The summed E-state index contributed by atoms with van der Waals surface area (Å²) in [4.78, 5) is 11.9. The van der Waals surface area contributed by atoms with Gasteiger partial charge in [-0.1, -0.05) is 0 Å². The zero-order valence-electron chi connectivity index (χ0n) is 9.28. The van der Waals surface area contributed by atoms with Gasteiger partial charge in [-0.05, 0) is 37.5 Å². The Morgan fingerprint density at radius 3 is 2.31 bits per heavy atom. The van der Waals surface area contributed by atoms with Gasteiger partial charge in [-0.15, -0.1) is 24.2 Å². The Balaban J connectivity index is 0.000000963. The molecule has 0 bridgehead atoms. The second-order valence-electron chi connectivity index (χ2n) is 4.98. The summed E-state index contributed by atoms with van der Waals surface area (Å²) in [6.07, 6.45) is 5.31. The maximum Gasteiger partial charge on any atom is 0.238 e. The molecule has 0 aromatic rings. The van der Waals surface area contributed by atoms with E-state index in [1.54, 1.807) is 0 Å². The Labute approximate surface area is 107 Å². The summed E-state index contributed by atoms with van der Waals surface area (Å²) in [6.45, 7) is 0. The van der Waals surface area contributed by atoms with E-state index in [0.29, 0.717) is 6.04 Å². The molecule has 2 aliphatic carbocycles. The minimum atomic E-state index is 0. The van der Waals surface area contributed by atoms with Gasteiger partial charge < -0.3 is 5.32 Å². The molecule has 1 atom stereocenters. The molecule has 5 heteroatoms. The predicted octanol–water partition coefficient (Wildman–Crippen LogP) is 1.38.